The van der Waals surface area contributed by atoms with Crippen LogP contribution in [0.2, 0.25) is 0 Å². The van der Waals surface area contributed by atoms with Crippen LogP contribution in [0.4, 0.5) is 0 Å². The Morgan fingerprint density at radius 2 is 1.73 bits per heavy atom. The topological polar surface area (TPSA) is 35.2 Å². The van der Waals surface area contributed by atoms with Gasteiger partial charge in [-0.2, -0.15) is 0 Å². The number of nitrogens with two attached hydrogens (primary N) is 1. The highest BCUT2D eigenvalue weighted by atomic mass is 16.5. The zero-order valence-electron chi connectivity index (χ0n) is 11.3. The van der Waals surface area contributed by atoms with E-state index in [1.54, 1.807) is 0 Å². The molecule has 1 aliphatic heterocycles. The minimum atomic E-state index is -0.198. The van der Waals surface area contributed by atoms with Crippen molar-refractivity contribution >= 4 is 0 Å². The van der Waals surface area contributed by atoms with Crippen LogP contribution in [0.15, 0.2) is 0 Å². The Morgan fingerprint density at radius 1 is 1.27 bits per heavy atom. The second kappa shape index (κ2) is 3.46. The Balaban J connectivity index is 3.17. The van der Waals surface area contributed by atoms with Crippen LogP contribution in [0.25, 0.3) is 0 Å². The molecule has 0 saturated carbocycles. The summed E-state index contributed by atoms with van der Waals surface area (Å²) < 4.78 is 6.17. The van der Waals surface area contributed by atoms with E-state index in [9.17, 15) is 0 Å². The standard InChI is InChI=1S/C13H27NO/c1-9(2)13(11(3,4)5)10(14)12(6,7)8-15-13/h9-10H,8,14H2,1-7H3/t10-,13?/m1/s1. The van der Waals surface area contributed by atoms with Crippen molar-refractivity contribution in [3.63, 3.8) is 0 Å². The predicted octanol–water partition coefficient (Wildman–Crippen LogP) is 2.81. The van der Waals surface area contributed by atoms with Gasteiger partial charge >= 0.3 is 0 Å². The van der Waals surface area contributed by atoms with E-state index in [-0.39, 0.29) is 22.5 Å². The molecule has 15 heavy (non-hydrogen) atoms. The van der Waals surface area contributed by atoms with Crippen LogP contribution < -0.4 is 5.73 Å². The lowest BCUT2D eigenvalue weighted by molar-refractivity contribution is -0.118. The number of hydrogen-bond acceptors (Lipinski definition) is 2. The smallest absolute Gasteiger partial charge is 0.0909 e. The molecule has 1 rings (SSSR count). The summed E-state index contributed by atoms with van der Waals surface area (Å²) in [5.74, 6) is 0.439. The van der Waals surface area contributed by atoms with Gasteiger partial charge in [0.15, 0.2) is 0 Å². The molecule has 0 aromatic carbocycles. The second-order valence-corrected chi connectivity index (χ2v) is 6.95. The van der Waals surface area contributed by atoms with Crippen LogP contribution in [0.1, 0.15) is 48.5 Å². The Kier molecular flexibility index (Phi) is 2.99. The molecule has 1 saturated heterocycles. The minimum absolute atomic E-state index is 0.0777. The van der Waals surface area contributed by atoms with Crippen molar-refractivity contribution < 1.29 is 4.74 Å². The molecule has 0 bridgehead atoms. The molecule has 0 radical (unpaired) electrons. The van der Waals surface area contributed by atoms with Crippen molar-refractivity contribution in [1.82, 2.24) is 0 Å². The number of hydrogen-bond donors (Lipinski definition) is 1. The fraction of sp³-hybridized carbons (Fsp3) is 1.00. The minimum Gasteiger partial charge on any atom is -0.372 e. The van der Waals surface area contributed by atoms with Gasteiger partial charge in [-0.1, -0.05) is 48.5 Å². The molecule has 2 nitrogen and oxygen atoms in total. The first kappa shape index (κ1) is 13.0. The first-order valence-electron chi connectivity index (χ1n) is 5.95. The van der Waals surface area contributed by atoms with Gasteiger partial charge in [0.1, 0.15) is 0 Å². The maximum atomic E-state index is 6.45. The van der Waals surface area contributed by atoms with Gasteiger partial charge in [0.05, 0.1) is 12.2 Å². The largest absolute Gasteiger partial charge is 0.372 e. The Labute approximate surface area is 94.6 Å². The summed E-state index contributed by atoms with van der Waals surface area (Å²) in [7, 11) is 0. The van der Waals surface area contributed by atoms with E-state index in [0.29, 0.717) is 5.92 Å². The summed E-state index contributed by atoms with van der Waals surface area (Å²) in [5.41, 5.74) is 6.41. The summed E-state index contributed by atoms with van der Waals surface area (Å²) >= 11 is 0. The molecule has 0 aromatic heterocycles. The van der Waals surface area contributed by atoms with Crippen LogP contribution >= 0.6 is 0 Å². The van der Waals surface area contributed by atoms with Gasteiger partial charge in [0.2, 0.25) is 0 Å². The molecule has 1 unspecified atom stereocenters. The van der Waals surface area contributed by atoms with Crippen molar-refractivity contribution in [2.45, 2.75) is 60.1 Å². The monoisotopic (exact) mass is 213 g/mol. The average Bonchev–Trinajstić information content (AvgIpc) is 2.23. The van der Waals surface area contributed by atoms with E-state index >= 15 is 0 Å². The quantitative estimate of drug-likeness (QED) is 0.727. The van der Waals surface area contributed by atoms with Crippen molar-refractivity contribution in [3.05, 3.63) is 0 Å². The van der Waals surface area contributed by atoms with Crippen LogP contribution in [0.3, 0.4) is 0 Å². The zero-order chi connectivity index (χ0) is 12.1. The van der Waals surface area contributed by atoms with Gasteiger partial charge in [-0.3, -0.25) is 0 Å². The summed E-state index contributed by atoms with van der Waals surface area (Å²) in [4.78, 5) is 0. The van der Waals surface area contributed by atoms with Gasteiger partial charge in [-0.25, -0.2) is 0 Å². The highest BCUT2D eigenvalue weighted by Crippen LogP contribution is 2.51. The van der Waals surface area contributed by atoms with E-state index in [1.165, 1.54) is 0 Å². The first-order valence-corrected chi connectivity index (χ1v) is 5.95. The normalized spacial score (nSPS) is 36.2. The molecule has 0 aliphatic carbocycles. The Hall–Kier alpha value is -0.0800. The third-order valence-corrected chi connectivity index (χ3v) is 4.02. The second-order valence-electron chi connectivity index (χ2n) is 6.95. The van der Waals surface area contributed by atoms with Crippen molar-refractivity contribution in [3.8, 4) is 0 Å². The van der Waals surface area contributed by atoms with E-state index < -0.39 is 0 Å². The highest BCUT2D eigenvalue weighted by Gasteiger charge is 2.59. The highest BCUT2D eigenvalue weighted by molar-refractivity contribution is 5.11. The summed E-state index contributed by atoms with van der Waals surface area (Å²) in [5, 5.41) is 0. The van der Waals surface area contributed by atoms with Crippen LogP contribution in [0, 0.1) is 16.7 Å². The lowest BCUT2D eigenvalue weighted by Gasteiger charge is -2.48. The van der Waals surface area contributed by atoms with E-state index in [2.05, 4.69) is 48.5 Å². The average molecular weight is 213 g/mol. The van der Waals surface area contributed by atoms with Gasteiger partial charge in [-0.15, -0.1) is 0 Å². The molecule has 1 aliphatic rings. The van der Waals surface area contributed by atoms with E-state index in [4.69, 9.17) is 10.5 Å². The fourth-order valence-electron chi connectivity index (χ4n) is 3.14. The Morgan fingerprint density at radius 3 is 1.87 bits per heavy atom. The predicted molar refractivity (Wildman–Crippen MR) is 64.7 cm³/mol. The zero-order valence-corrected chi connectivity index (χ0v) is 11.3. The van der Waals surface area contributed by atoms with Crippen molar-refractivity contribution in [1.29, 1.82) is 0 Å². The molecular weight excluding hydrogens is 186 g/mol. The summed E-state index contributed by atoms with van der Waals surface area (Å²) in [6, 6.07) is 0.102. The van der Waals surface area contributed by atoms with Crippen molar-refractivity contribution in [2.24, 2.45) is 22.5 Å². The molecule has 0 spiro atoms. The maximum absolute atomic E-state index is 6.45. The molecule has 0 amide bonds. The molecule has 90 valence electrons. The first-order chi connectivity index (χ1) is 6.56. The van der Waals surface area contributed by atoms with Crippen LogP contribution in [-0.4, -0.2) is 18.2 Å². The molecule has 2 atom stereocenters. The third kappa shape index (κ3) is 1.72. The van der Waals surface area contributed by atoms with Crippen molar-refractivity contribution in [2.75, 3.05) is 6.61 Å². The van der Waals surface area contributed by atoms with Gasteiger partial charge in [-0.05, 0) is 11.3 Å². The van der Waals surface area contributed by atoms with Crippen LogP contribution in [-0.2, 0) is 4.74 Å². The van der Waals surface area contributed by atoms with Gasteiger partial charge in [0.25, 0.3) is 0 Å². The van der Waals surface area contributed by atoms with Crippen LogP contribution in [0.5, 0.6) is 0 Å². The van der Waals surface area contributed by atoms with Gasteiger partial charge in [0, 0.05) is 11.5 Å². The summed E-state index contributed by atoms with van der Waals surface area (Å²) in [6.07, 6.45) is 0. The molecular formula is C13H27NO. The SMILES string of the molecule is CC(C)C1(C(C)(C)C)OCC(C)(C)[C@H]1N. The molecule has 0 aromatic rings. The fourth-order valence-corrected chi connectivity index (χ4v) is 3.14. The van der Waals surface area contributed by atoms with E-state index in [0.717, 1.165) is 6.61 Å². The Bertz CT molecular complexity index is 239. The van der Waals surface area contributed by atoms with Gasteiger partial charge < -0.3 is 10.5 Å². The molecule has 2 N–H and O–H groups in total. The number of ether oxygens (including phenoxy) is 1. The lowest BCUT2D eigenvalue weighted by Crippen LogP contribution is -2.60. The molecule has 2 heteroatoms. The third-order valence-electron chi connectivity index (χ3n) is 4.02. The number of rotatable bonds is 1. The maximum Gasteiger partial charge on any atom is 0.0909 e. The summed E-state index contributed by atoms with van der Waals surface area (Å²) in [6.45, 7) is 16.3. The lowest BCUT2D eigenvalue weighted by atomic mass is 9.62. The van der Waals surface area contributed by atoms with E-state index in [1.807, 2.05) is 0 Å². The molecule has 1 fully saturated rings. The molecule has 1 heterocycles.